The number of anilines is 1. The molecule has 102 valence electrons. The molecule has 5 heteroatoms. The SMILES string of the molecule is O=C1COc2ccc(Br)cc2N1OCc1ccccc1. The van der Waals surface area contributed by atoms with Gasteiger partial charge in [0, 0.05) is 4.47 Å². The van der Waals surface area contributed by atoms with Gasteiger partial charge < -0.3 is 4.74 Å². The largest absolute Gasteiger partial charge is 0.481 e. The first-order valence-electron chi connectivity index (χ1n) is 6.16. The quantitative estimate of drug-likeness (QED) is 0.864. The Morgan fingerprint density at radius 2 is 2.00 bits per heavy atom. The second-order valence-corrected chi connectivity index (χ2v) is 5.26. The summed E-state index contributed by atoms with van der Waals surface area (Å²) in [5.74, 6) is 0.424. The van der Waals surface area contributed by atoms with Crippen LogP contribution in [0, 0.1) is 0 Å². The third-order valence-corrected chi connectivity index (χ3v) is 3.41. The van der Waals surface area contributed by atoms with E-state index in [1.807, 2.05) is 42.5 Å². The van der Waals surface area contributed by atoms with Gasteiger partial charge in [0.2, 0.25) is 0 Å². The van der Waals surface area contributed by atoms with Crippen molar-refractivity contribution in [2.75, 3.05) is 11.7 Å². The van der Waals surface area contributed by atoms with Crippen LogP contribution in [0.2, 0.25) is 0 Å². The molecule has 0 spiro atoms. The minimum Gasteiger partial charge on any atom is -0.481 e. The summed E-state index contributed by atoms with van der Waals surface area (Å²) in [6, 6.07) is 15.2. The van der Waals surface area contributed by atoms with Crippen LogP contribution in [0.15, 0.2) is 53.0 Å². The van der Waals surface area contributed by atoms with E-state index in [1.165, 1.54) is 5.06 Å². The lowest BCUT2D eigenvalue weighted by Gasteiger charge is -2.28. The monoisotopic (exact) mass is 333 g/mol. The van der Waals surface area contributed by atoms with Gasteiger partial charge >= 0.3 is 0 Å². The number of halogens is 1. The van der Waals surface area contributed by atoms with Crippen LogP contribution in [0.5, 0.6) is 5.75 Å². The Morgan fingerprint density at radius 1 is 1.20 bits per heavy atom. The third-order valence-electron chi connectivity index (χ3n) is 2.92. The first-order chi connectivity index (χ1) is 9.74. The molecule has 2 aromatic carbocycles. The molecule has 0 aromatic heterocycles. The molecular weight excluding hydrogens is 322 g/mol. The maximum atomic E-state index is 12.0. The van der Waals surface area contributed by atoms with Crippen molar-refractivity contribution in [1.29, 1.82) is 0 Å². The molecule has 1 aliphatic heterocycles. The van der Waals surface area contributed by atoms with Crippen molar-refractivity contribution in [3.63, 3.8) is 0 Å². The van der Waals surface area contributed by atoms with Crippen LogP contribution in [-0.2, 0) is 16.2 Å². The predicted octanol–water partition coefficient (Wildman–Crippen LogP) is 3.31. The molecule has 4 nitrogen and oxygen atoms in total. The van der Waals surface area contributed by atoms with Gasteiger partial charge in [-0.3, -0.25) is 9.63 Å². The zero-order chi connectivity index (χ0) is 13.9. The second kappa shape index (κ2) is 5.64. The summed E-state index contributed by atoms with van der Waals surface area (Å²) >= 11 is 3.38. The Labute approximate surface area is 125 Å². The Hall–Kier alpha value is -1.85. The average Bonchev–Trinajstić information content (AvgIpc) is 2.47. The molecular formula is C15H12BrNO3. The number of hydrogen-bond acceptors (Lipinski definition) is 3. The molecule has 0 fully saturated rings. The number of amides is 1. The lowest BCUT2D eigenvalue weighted by atomic mass is 10.2. The summed E-state index contributed by atoms with van der Waals surface area (Å²) in [7, 11) is 0. The summed E-state index contributed by atoms with van der Waals surface area (Å²) in [6.45, 7) is 0.321. The topological polar surface area (TPSA) is 38.8 Å². The van der Waals surface area contributed by atoms with Gasteiger partial charge in [-0.15, -0.1) is 0 Å². The Kier molecular flexibility index (Phi) is 3.71. The van der Waals surface area contributed by atoms with Crippen LogP contribution in [0.25, 0.3) is 0 Å². The molecule has 1 amide bonds. The standard InChI is InChI=1S/C15H12BrNO3/c16-12-6-7-14-13(8-12)17(15(18)10-19-14)20-9-11-4-2-1-3-5-11/h1-8H,9-10H2. The van der Waals surface area contributed by atoms with Crippen molar-refractivity contribution in [2.45, 2.75) is 6.61 Å². The fourth-order valence-corrected chi connectivity index (χ4v) is 2.31. The van der Waals surface area contributed by atoms with Crippen LogP contribution >= 0.6 is 15.9 Å². The van der Waals surface area contributed by atoms with Gasteiger partial charge in [0.15, 0.2) is 6.61 Å². The highest BCUT2D eigenvalue weighted by molar-refractivity contribution is 9.10. The molecule has 1 aliphatic rings. The summed E-state index contributed by atoms with van der Waals surface area (Å²) in [4.78, 5) is 17.6. The van der Waals surface area contributed by atoms with E-state index in [9.17, 15) is 4.79 Å². The molecule has 0 saturated heterocycles. The first kappa shape index (κ1) is 13.1. The number of carbonyl (C=O) groups is 1. The van der Waals surface area contributed by atoms with E-state index in [2.05, 4.69) is 15.9 Å². The highest BCUT2D eigenvalue weighted by Gasteiger charge is 2.26. The van der Waals surface area contributed by atoms with E-state index in [0.29, 0.717) is 18.0 Å². The number of carbonyl (C=O) groups excluding carboxylic acids is 1. The number of rotatable bonds is 3. The lowest BCUT2D eigenvalue weighted by molar-refractivity contribution is -0.129. The highest BCUT2D eigenvalue weighted by atomic mass is 79.9. The van der Waals surface area contributed by atoms with Gasteiger partial charge in [-0.25, -0.2) is 0 Å². The number of ether oxygens (including phenoxy) is 1. The normalized spacial score (nSPS) is 13.8. The van der Waals surface area contributed by atoms with Crippen molar-refractivity contribution in [2.24, 2.45) is 0 Å². The number of hydrogen-bond donors (Lipinski definition) is 0. The van der Waals surface area contributed by atoms with Crippen LogP contribution in [-0.4, -0.2) is 12.5 Å². The summed E-state index contributed by atoms with van der Waals surface area (Å²) in [5.41, 5.74) is 1.62. The van der Waals surface area contributed by atoms with Crippen molar-refractivity contribution in [3.8, 4) is 5.75 Å². The number of fused-ring (bicyclic) bond motifs is 1. The first-order valence-corrected chi connectivity index (χ1v) is 6.95. The van der Waals surface area contributed by atoms with Crippen molar-refractivity contribution in [1.82, 2.24) is 0 Å². The molecule has 2 aromatic rings. The number of benzene rings is 2. The van der Waals surface area contributed by atoms with E-state index >= 15 is 0 Å². The van der Waals surface area contributed by atoms with Crippen molar-refractivity contribution in [3.05, 3.63) is 58.6 Å². The lowest BCUT2D eigenvalue weighted by Crippen LogP contribution is -2.38. The van der Waals surface area contributed by atoms with Gasteiger partial charge in [-0.2, -0.15) is 5.06 Å². The molecule has 0 N–H and O–H groups in total. The summed E-state index contributed by atoms with van der Waals surface area (Å²) < 4.78 is 6.24. The summed E-state index contributed by atoms with van der Waals surface area (Å²) in [5, 5.41) is 1.30. The van der Waals surface area contributed by atoms with Gasteiger partial charge in [-0.1, -0.05) is 46.3 Å². The fraction of sp³-hybridized carbons (Fsp3) is 0.133. The van der Waals surface area contributed by atoms with Crippen molar-refractivity contribution < 1.29 is 14.4 Å². The molecule has 0 saturated carbocycles. The molecule has 0 radical (unpaired) electrons. The second-order valence-electron chi connectivity index (χ2n) is 4.35. The predicted molar refractivity (Wildman–Crippen MR) is 78.4 cm³/mol. The van der Waals surface area contributed by atoms with Crippen LogP contribution in [0.4, 0.5) is 5.69 Å². The van der Waals surface area contributed by atoms with Gasteiger partial charge in [0.25, 0.3) is 5.91 Å². The van der Waals surface area contributed by atoms with Crippen LogP contribution in [0.1, 0.15) is 5.56 Å². The van der Waals surface area contributed by atoms with Crippen molar-refractivity contribution >= 4 is 27.5 Å². The average molecular weight is 334 g/mol. The molecule has 0 unspecified atom stereocenters. The Balaban J connectivity index is 1.82. The summed E-state index contributed by atoms with van der Waals surface area (Å²) in [6.07, 6.45) is 0. The van der Waals surface area contributed by atoms with Crippen LogP contribution < -0.4 is 9.80 Å². The highest BCUT2D eigenvalue weighted by Crippen LogP contribution is 2.34. The van der Waals surface area contributed by atoms with E-state index < -0.39 is 0 Å². The smallest absolute Gasteiger partial charge is 0.288 e. The zero-order valence-corrected chi connectivity index (χ0v) is 12.2. The third kappa shape index (κ3) is 2.69. The zero-order valence-electron chi connectivity index (χ0n) is 10.6. The molecule has 1 heterocycles. The molecule has 0 aliphatic carbocycles. The van der Waals surface area contributed by atoms with E-state index in [4.69, 9.17) is 9.57 Å². The Bertz CT molecular complexity index is 630. The number of nitrogens with zero attached hydrogens (tertiary/aromatic N) is 1. The van der Waals surface area contributed by atoms with E-state index in [0.717, 1.165) is 10.0 Å². The minimum atomic E-state index is -0.216. The molecule has 3 rings (SSSR count). The van der Waals surface area contributed by atoms with E-state index in [1.54, 1.807) is 6.07 Å². The maximum Gasteiger partial charge on any atom is 0.288 e. The Morgan fingerprint density at radius 3 is 2.80 bits per heavy atom. The van der Waals surface area contributed by atoms with Gasteiger partial charge in [-0.05, 0) is 23.8 Å². The number of hydroxylamine groups is 1. The maximum absolute atomic E-state index is 12.0. The van der Waals surface area contributed by atoms with Gasteiger partial charge in [0.1, 0.15) is 18.0 Å². The fourth-order valence-electron chi connectivity index (χ4n) is 1.96. The molecule has 20 heavy (non-hydrogen) atoms. The molecule has 0 bridgehead atoms. The van der Waals surface area contributed by atoms with Crippen LogP contribution in [0.3, 0.4) is 0 Å². The van der Waals surface area contributed by atoms with Gasteiger partial charge in [0.05, 0.1) is 0 Å². The minimum absolute atomic E-state index is 0.0105. The molecule has 0 atom stereocenters. The van der Waals surface area contributed by atoms with E-state index in [-0.39, 0.29) is 12.5 Å².